The molecule has 0 aromatic heterocycles. The number of rotatable bonds is 6. The number of carbonyl (C=O) groups excluding carboxylic acids is 2. The lowest BCUT2D eigenvalue weighted by Crippen LogP contribution is -2.44. The molecular weight excluding hydrogens is 302 g/mol. The largest absolute Gasteiger partial charge is 0.341 e. The van der Waals surface area contributed by atoms with Crippen LogP contribution < -0.4 is 16.0 Å². The predicted octanol–water partition coefficient (Wildman–Crippen LogP) is 2.32. The van der Waals surface area contributed by atoms with Gasteiger partial charge in [0.05, 0.1) is 0 Å². The zero-order valence-corrected chi connectivity index (χ0v) is 14.0. The van der Waals surface area contributed by atoms with Crippen molar-refractivity contribution in [1.82, 2.24) is 16.0 Å². The van der Waals surface area contributed by atoms with Crippen LogP contribution in [0.4, 0.5) is 4.79 Å². The van der Waals surface area contributed by atoms with Gasteiger partial charge in [-0.1, -0.05) is 54.6 Å². The number of nitrogens with one attached hydrogen (secondary N) is 3. The van der Waals surface area contributed by atoms with Crippen molar-refractivity contribution >= 4 is 11.9 Å². The van der Waals surface area contributed by atoms with E-state index in [4.69, 9.17) is 0 Å². The minimum atomic E-state index is -0.576. The summed E-state index contributed by atoms with van der Waals surface area (Å²) >= 11 is 0. The Labute approximate surface area is 142 Å². The number of carbonyl (C=O) groups is 2. The fourth-order valence-corrected chi connectivity index (χ4v) is 2.50. The van der Waals surface area contributed by atoms with E-state index in [-0.39, 0.29) is 5.91 Å². The Morgan fingerprint density at radius 3 is 2.33 bits per heavy atom. The summed E-state index contributed by atoms with van der Waals surface area (Å²) in [5.74, 6) is -0.370. The Hall–Kier alpha value is -2.66. The maximum atomic E-state index is 12.4. The monoisotopic (exact) mass is 325 g/mol. The first kappa shape index (κ1) is 17.7. The van der Waals surface area contributed by atoms with E-state index in [1.165, 1.54) is 18.2 Å². The molecule has 2 rings (SSSR count). The molecule has 24 heavy (non-hydrogen) atoms. The maximum Gasteiger partial charge on any atom is 0.321 e. The normalized spacial score (nSPS) is 11.6. The average molecular weight is 325 g/mol. The Bertz CT molecular complexity index is 686. The smallest absolute Gasteiger partial charge is 0.321 e. The lowest BCUT2D eigenvalue weighted by Gasteiger charge is -2.18. The zero-order chi connectivity index (χ0) is 17.4. The number of aryl methyl sites for hydroxylation is 1. The molecule has 5 heteroatoms. The molecule has 0 aliphatic heterocycles. The minimum absolute atomic E-state index is 0.370. The Kier molecular flexibility index (Phi) is 6.51. The van der Waals surface area contributed by atoms with Crippen LogP contribution in [0.25, 0.3) is 0 Å². The van der Waals surface area contributed by atoms with Gasteiger partial charge in [0, 0.05) is 13.6 Å². The van der Waals surface area contributed by atoms with E-state index in [1.54, 1.807) is 0 Å². The van der Waals surface area contributed by atoms with Crippen LogP contribution in [0.5, 0.6) is 0 Å². The van der Waals surface area contributed by atoms with Gasteiger partial charge in [-0.2, -0.15) is 0 Å². The number of amides is 3. The molecule has 0 saturated heterocycles. The maximum absolute atomic E-state index is 12.4. The number of imide groups is 1. The third-order valence-electron chi connectivity index (χ3n) is 3.86. The molecule has 3 amide bonds. The van der Waals surface area contributed by atoms with E-state index in [2.05, 4.69) is 35.0 Å². The summed E-state index contributed by atoms with van der Waals surface area (Å²) in [5.41, 5.74) is 3.29. The van der Waals surface area contributed by atoms with Gasteiger partial charge in [0.2, 0.25) is 5.91 Å². The molecular formula is C19H23N3O2. The summed E-state index contributed by atoms with van der Waals surface area (Å²) in [6.07, 6.45) is 0.809. The van der Waals surface area contributed by atoms with Crippen LogP contribution in [0, 0.1) is 6.92 Å². The van der Waals surface area contributed by atoms with Crippen LogP contribution in [-0.4, -0.2) is 25.5 Å². The second-order valence-electron chi connectivity index (χ2n) is 5.54. The summed E-state index contributed by atoms with van der Waals surface area (Å²) in [7, 11) is 1.48. The number of hydrogen-bond donors (Lipinski definition) is 3. The molecule has 126 valence electrons. The highest BCUT2D eigenvalue weighted by Crippen LogP contribution is 2.13. The topological polar surface area (TPSA) is 70.2 Å². The summed E-state index contributed by atoms with van der Waals surface area (Å²) < 4.78 is 0. The van der Waals surface area contributed by atoms with Crippen molar-refractivity contribution in [2.24, 2.45) is 0 Å². The number of benzene rings is 2. The Morgan fingerprint density at radius 2 is 1.67 bits per heavy atom. The molecule has 3 N–H and O–H groups in total. The molecule has 0 bridgehead atoms. The average Bonchev–Trinajstić information content (AvgIpc) is 2.60. The van der Waals surface area contributed by atoms with Crippen molar-refractivity contribution in [3.8, 4) is 0 Å². The molecule has 2 aromatic rings. The molecule has 0 aliphatic carbocycles. The second kappa shape index (κ2) is 8.84. The predicted molar refractivity (Wildman–Crippen MR) is 94.7 cm³/mol. The molecule has 0 saturated carbocycles. The lowest BCUT2D eigenvalue weighted by atomic mass is 10.0. The van der Waals surface area contributed by atoms with Gasteiger partial charge in [0.15, 0.2) is 0 Å². The van der Waals surface area contributed by atoms with Gasteiger partial charge >= 0.3 is 6.03 Å². The van der Waals surface area contributed by atoms with E-state index in [1.807, 2.05) is 42.5 Å². The standard InChI is InChI=1S/C19H23N3O2/c1-14-8-6-7-9-15(14)12-13-21-17(16-10-4-3-5-11-16)18(23)22-19(24)20-2/h3-11,17,21H,12-13H2,1-2H3,(H2,20,22,23,24)/t17-/m1/s1. The Balaban J connectivity index is 2.05. The van der Waals surface area contributed by atoms with Crippen LogP contribution in [0.15, 0.2) is 54.6 Å². The quantitative estimate of drug-likeness (QED) is 0.763. The molecule has 1 atom stereocenters. The van der Waals surface area contributed by atoms with Gasteiger partial charge < -0.3 is 10.6 Å². The van der Waals surface area contributed by atoms with E-state index in [0.717, 1.165) is 12.0 Å². The fraction of sp³-hybridized carbons (Fsp3) is 0.263. The van der Waals surface area contributed by atoms with Gasteiger partial charge in [0.1, 0.15) is 6.04 Å². The fourth-order valence-electron chi connectivity index (χ4n) is 2.50. The van der Waals surface area contributed by atoms with Crippen LogP contribution >= 0.6 is 0 Å². The van der Waals surface area contributed by atoms with Crippen molar-refractivity contribution in [3.05, 3.63) is 71.3 Å². The molecule has 0 heterocycles. The molecule has 5 nitrogen and oxygen atoms in total. The van der Waals surface area contributed by atoms with Crippen LogP contribution in [-0.2, 0) is 11.2 Å². The first-order chi connectivity index (χ1) is 11.6. The summed E-state index contributed by atoms with van der Waals surface area (Å²) in [5, 5.41) is 7.98. The van der Waals surface area contributed by atoms with Gasteiger partial charge in [-0.05, 0) is 30.0 Å². The minimum Gasteiger partial charge on any atom is -0.341 e. The number of urea groups is 1. The van der Waals surface area contributed by atoms with Gasteiger partial charge in [-0.25, -0.2) is 4.79 Å². The van der Waals surface area contributed by atoms with E-state index in [9.17, 15) is 9.59 Å². The van der Waals surface area contributed by atoms with Crippen molar-refractivity contribution in [2.75, 3.05) is 13.6 Å². The molecule has 0 fully saturated rings. The molecule has 0 spiro atoms. The van der Waals surface area contributed by atoms with Crippen molar-refractivity contribution in [1.29, 1.82) is 0 Å². The highest BCUT2D eigenvalue weighted by molar-refractivity contribution is 5.97. The van der Waals surface area contributed by atoms with Crippen molar-refractivity contribution < 1.29 is 9.59 Å². The van der Waals surface area contributed by atoms with Gasteiger partial charge in [0.25, 0.3) is 0 Å². The van der Waals surface area contributed by atoms with Crippen LogP contribution in [0.2, 0.25) is 0 Å². The molecule has 2 aromatic carbocycles. The van der Waals surface area contributed by atoms with Crippen LogP contribution in [0.1, 0.15) is 22.7 Å². The Morgan fingerprint density at radius 1 is 1.00 bits per heavy atom. The lowest BCUT2D eigenvalue weighted by molar-refractivity contribution is -0.122. The highest BCUT2D eigenvalue weighted by atomic mass is 16.2. The third-order valence-corrected chi connectivity index (χ3v) is 3.86. The van der Waals surface area contributed by atoms with E-state index in [0.29, 0.717) is 6.54 Å². The van der Waals surface area contributed by atoms with Crippen molar-refractivity contribution in [2.45, 2.75) is 19.4 Å². The highest BCUT2D eigenvalue weighted by Gasteiger charge is 2.21. The second-order valence-corrected chi connectivity index (χ2v) is 5.54. The van der Waals surface area contributed by atoms with Crippen LogP contribution in [0.3, 0.4) is 0 Å². The summed E-state index contributed by atoms with van der Waals surface area (Å²) in [6.45, 7) is 2.70. The zero-order valence-electron chi connectivity index (χ0n) is 14.0. The van der Waals surface area contributed by atoms with E-state index < -0.39 is 12.1 Å². The molecule has 0 unspecified atom stereocenters. The SMILES string of the molecule is CNC(=O)NC(=O)[C@H](NCCc1ccccc1C)c1ccccc1. The first-order valence-electron chi connectivity index (χ1n) is 7.97. The summed E-state index contributed by atoms with van der Waals surface area (Å²) in [6, 6.07) is 16.5. The molecule has 0 aliphatic rings. The molecule has 0 radical (unpaired) electrons. The first-order valence-corrected chi connectivity index (χ1v) is 7.97. The number of hydrogen-bond acceptors (Lipinski definition) is 3. The summed E-state index contributed by atoms with van der Waals surface area (Å²) in [4.78, 5) is 23.8. The third kappa shape index (κ3) is 4.93. The van der Waals surface area contributed by atoms with Gasteiger partial charge in [-0.3, -0.25) is 10.1 Å². The van der Waals surface area contributed by atoms with Gasteiger partial charge in [-0.15, -0.1) is 0 Å². The van der Waals surface area contributed by atoms with E-state index >= 15 is 0 Å². The van der Waals surface area contributed by atoms with Crippen molar-refractivity contribution in [3.63, 3.8) is 0 Å².